The summed E-state index contributed by atoms with van der Waals surface area (Å²) in [5.74, 6) is 0.959. The van der Waals surface area contributed by atoms with Gasteiger partial charge in [-0.1, -0.05) is 30.3 Å². The van der Waals surface area contributed by atoms with Gasteiger partial charge in [-0.2, -0.15) is 0 Å². The Balaban J connectivity index is 1.30. The first kappa shape index (κ1) is 24.8. The number of hydrogen-bond donors (Lipinski definition) is 1. The van der Waals surface area contributed by atoms with E-state index in [2.05, 4.69) is 55.1 Å². The van der Waals surface area contributed by atoms with Crippen molar-refractivity contribution in [2.75, 3.05) is 0 Å². The van der Waals surface area contributed by atoms with Crippen LogP contribution in [-0.2, 0) is 33.1 Å². The van der Waals surface area contributed by atoms with Gasteiger partial charge in [0.15, 0.2) is 0 Å². The van der Waals surface area contributed by atoms with Gasteiger partial charge in [0.2, 0.25) is 0 Å². The average Bonchev–Trinajstić information content (AvgIpc) is 3.31. The van der Waals surface area contributed by atoms with Crippen LogP contribution < -0.4 is 5.32 Å². The van der Waals surface area contributed by atoms with Gasteiger partial charge < -0.3 is 9.88 Å². The predicted molar refractivity (Wildman–Crippen MR) is 144 cm³/mol. The minimum atomic E-state index is -0.0862. The summed E-state index contributed by atoms with van der Waals surface area (Å²) < 4.78 is 2.09. The predicted octanol–water partition coefficient (Wildman–Crippen LogP) is 4.84. The molecular formula is C30H34N6O. The Morgan fingerprint density at radius 3 is 2.57 bits per heavy atom. The van der Waals surface area contributed by atoms with E-state index in [0.717, 1.165) is 55.0 Å². The Bertz CT molecular complexity index is 1360. The number of hydrogen-bond acceptors (Lipinski definition) is 5. The highest BCUT2D eigenvalue weighted by atomic mass is 16.1. The molecule has 37 heavy (non-hydrogen) atoms. The van der Waals surface area contributed by atoms with Gasteiger partial charge in [-0.15, -0.1) is 0 Å². The van der Waals surface area contributed by atoms with Crippen LogP contribution in [0.5, 0.6) is 0 Å². The highest BCUT2D eigenvalue weighted by Gasteiger charge is 2.28. The lowest BCUT2D eigenvalue weighted by molar-refractivity contribution is 0.0949. The number of amides is 1. The minimum Gasteiger partial charge on any atom is -0.348 e. The number of fused-ring (bicyclic) bond motifs is 1. The first-order valence-electron chi connectivity index (χ1n) is 12.9. The number of nitrogens with zero attached hydrogens (tertiary/aromatic N) is 5. The van der Waals surface area contributed by atoms with Crippen LogP contribution in [-0.4, -0.2) is 30.3 Å². The zero-order valence-electron chi connectivity index (χ0n) is 21.8. The molecule has 190 valence electrons. The fourth-order valence-electron chi connectivity index (χ4n) is 5.25. The number of carbonyl (C=O) groups is 1. The normalized spacial score (nSPS) is 15.0. The van der Waals surface area contributed by atoms with Crippen molar-refractivity contribution in [2.45, 2.75) is 58.8 Å². The molecule has 7 nitrogen and oxygen atoms in total. The molecule has 0 aliphatic heterocycles. The molecule has 1 N–H and O–H groups in total. The lowest BCUT2D eigenvalue weighted by Crippen LogP contribution is -2.32. The van der Waals surface area contributed by atoms with Crippen LogP contribution in [0.4, 0.5) is 0 Å². The first-order valence-corrected chi connectivity index (χ1v) is 12.9. The van der Waals surface area contributed by atoms with Crippen LogP contribution in [0.25, 0.3) is 0 Å². The van der Waals surface area contributed by atoms with Crippen molar-refractivity contribution >= 4 is 5.91 Å². The van der Waals surface area contributed by atoms with Crippen molar-refractivity contribution in [2.24, 2.45) is 7.05 Å². The molecule has 1 unspecified atom stereocenters. The van der Waals surface area contributed by atoms with Crippen LogP contribution in [0, 0.1) is 13.8 Å². The van der Waals surface area contributed by atoms with Gasteiger partial charge in [0.25, 0.3) is 5.91 Å². The topological polar surface area (TPSA) is 75.9 Å². The standard InChI is InChI=1S/C30H34N6O/c1-21-13-15-31-22(2)28(21)30(37)34-18-23-9-11-24(12-10-23)19-36(20-27-32-16-17-35(27)3)26-8-4-6-25-7-5-14-33-29(25)26/h5,7,9-17,26H,4,6,8,18-20H2,1-3H3,(H,34,37). The first-order chi connectivity index (χ1) is 18.0. The molecule has 1 atom stereocenters. The van der Waals surface area contributed by atoms with Crippen molar-refractivity contribution in [3.8, 4) is 0 Å². The Morgan fingerprint density at radius 1 is 1.00 bits per heavy atom. The fourth-order valence-corrected chi connectivity index (χ4v) is 5.25. The highest BCUT2D eigenvalue weighted by molar-refractivity contribution is 5.96. The number of aryl methyl sites for hydroxylation is 4. The van der Waals surface area contributed by atoms with E-state index in [0.29, 0.717) is 12.1 Å². The van der Waals surface area contributed by atoms with Crippen LogP contribution in [0.15, 0.2) is 67.3 Å². The lowest BCUT2D eigenvalue weighted by Gasteiger charge is -2.35. The second kappa shape index (κ2) is 11.0. The molecule has 4 aromatic rings. The van der Waals surface area contributed by atoms with E-state index in [1.807, 2.05) is 51.6 Å². The summed E-state index contributed by atoms with van der Waals surface area (Å²) in [5, 5.41) is 3.05. The highest BCUT2D eigenvalue weighted by Crippen LogP contribution is 2.34. The molecule has 1 aromatic carbocycles. The summed E-state index contributed by atoms with van der Waals surface area (Å²) >= 11 is 0. The number of imidazole rings is 1. The minimum absolute atomic E-state index is 0.0862. The third-order valence-corrected chi connectivity index (χ3v) is 7.31. The Hall–Kier alpha value is -3.84. The summed E-state index contributed by atoms with van der Waals surface area (Å²) in [5.41, 5.74) is 7.19. The van der Waals surface area contributed by atoms with Crippen LogP contribution in [0.2, 0.25) is 0 Å². The number of nitrogens with one attached hydrogen (secondary N) is 1. The molecule has 0 spiro atoms. The number of carbonyl (C=O) groups excluding carboxylic acids is 1. The number of aromatic nitrogens is 4. The molecule has 3 heterocycles. The van der Waals surface area contributed by atoms with E-state index in [1.54, 1.807) is 6.20 Å². The van der Waals surface area contributed by atoms with Gasteiger partial charge in [0, 0.05) is 44.9 Å². The molecule has 1 aliphatic carbocycles. The maximum atomic E-state index is 12.8. The lowest BCUT2D eigenvalue weighted by atomic mass is 9.90. The summed E-state index contributed by atoms with van der Waals surface area (Å²) in [4.78, 5) is 28.9. The Morgan fingerprint density at radius 2 is 1.81 bits per heavy atom. The second-order valence-electron chi connectivity index (χ2n) is 9.90. The quantitative estimate of drug-likeness (QED) is 0.379. The van der Waals surface area contributed by atoms with E-state index < -0.39 is 0 Å². The van der Waals surface area contributed by atoms with Gasteiger partial charge >= 0.3 is 0 Å². The van der Waals surface area contributed by atoms with Crippen molar-refractivity contribution < 1.29 is 4.79 Å². The van der Waals surface area contributed by atoms with Gasteiger partial charge in [-0.25, -0.2) is 4.98 Å². The van der Waals surface area contributed by atoms with Crippen LogP contribution in [0.3, 0.4) is 0 Å². The zero-order chi connectivity index (χ0) is 25.8. The number of benzene rings is 1. The average molecular weight is 495 g/mol. The molecule has 0 saturated heterocycles. The molecular weight excluding hydrogens is 460 g/mol. The van der Waals surface area contributed by atoms with Gasteiger partial charge in [-0.3, -0.25) is 19.7 Å². The molecule has 0 fully saturated rings. The maximum absolute atomic E-state index is 12.8. The summed E-state index contributed by atoms with van der Waals surface area (Å²) in [6, 6.07) is 14.9. The number of rotatable bonds is 8. The second-order valence-corrected chi connectivity index (χ2v) is 9.90. The largest absolute Gasteiger partial charge is 0.348 e. The van der Waals surface area contributed by atoms with E-state index in [-0.39, 0.29) is 11.9 Å². The van der Waals surface area contributed by atoms with Crippen molar-refractivity contribution in [1.82, 2.24) is 29.7 Å². The van der Waals surface area contributed by atoms with Crippen molar-refractivity contribution in [1.29, 1.82) is 0 Å². The Labute approximate surface area is 218 Å². The third-order valence-electron chi connectivity index (χ3n) is 7.31. The van der Waals surface area contributed by atoms with Crippen molar-refractivity contribution in [3.63, 3.8) is 0 Å². The van der Waals surface area contributed by atoms with E-state index in [9.17, 15) is 4.79 Å². The molecule has 0 saturated carbocycles. The zero-order valence-corrected chi connectivity index (χ0v) is 21.8. The summed E-state index contributed by atoms with van der Waals surface area (Å²) in [7, 11) is 2.05. The molecule has 1 aliphatic rings. The molecule has 3 aromatic heterocycles. The van der Waals surface area contributed by atoms with E-state index in [1.165, 1.54) is 16.8 Å². The number of pyridine rings is 2. The molecule has 7 heteroatoms. The van der Waals surface area contributed by atoms with Crippen molar-refractivity contribution in [3.05, 3.63) is 112 Å². The SMILES string of the molecule is Cc1ccnc(C)c1C(=O)NCc1ccc(CN(Cc2nccn2C)C2CCCc3cccnc32)cc1. The molecule has 0 bridgehead atoms. The van der Waals surface area contributed by atoms with Crippen LogP contribution >= 0.6 is 0 Å². The van der Waals surface area contributed by atoms with Gasteiger partial charge in [0.05, 0.1) is 29.5 Å². The van der Waals surface area contributed by atoms with Gasteiger partial charge in [-0.05, 0) is 67.5 Å². The molecule has 5 rings (SSSR count). The van der Waals surface area contributed by atoms with Gasteiger partial charge in [0.1, 0.15) is 5.82 Å². The molecule has 0 radical (unpaired) electrons. The van der Waals surface area contributed by atoms with E-state index in [4.69, 9.17) is 4.98 Å². The summed E-state index contributed by atoms with van der Waals surface area (Å²) in [6.07, 6.45) is 10.8. The Kier molecular flexibility index (Phi) is 7.42. The monoisotopic (exact) mass is 494 g/mol. The summed E-state index contributed by atoms with van der Waals surface area (Å²) in [6.45, 7) is 5.84. The fraction of sp³-hybridized carbons (Fsp3) is 0.333. The maximum Gasteiger partial charge on any atom is 0.253 e. The van der Waals surface area contributed by atoms with E-state index >= 15 is 0 Å². The molecule has 1 amide bonds. The van der Waals surface area contributed by atoms with Crippen LogP contribution in [0.1, 0.15) is 68.7 Å². The third kappa shape index (κ3) is 5.62. The smallest absolute Gasteiger partial charge is 0.253 e.